The van der Waals surface area contributed by atoms with E-state index in [1.807, 2.05) is 0 Å². The van der Waals surface area contributed by atoms with Crippen molar-refractivity contribution in [2.45, 2.75) is 64.1 Å². The van der Waals surface area contributed by atoms with Crippen molar-refractivity contribution in [2.24, 2.45) is 0 Å². The molecule has 0 saturated heterocycles. The molecule has 1 unspecified atom stereocenters. The van der Waals surface area contributed by atoms with Gasteiger partial charge in [0.1, 0.15) is 5.82 Å². The first kappa shape index (κ1) is 16.0. The van der Waals surface area contributed by atoms with E-state index in [4.69, 9.17) is 11.6 Å². The number of nitrogens with zero attached hydrogens (tertiary/aromatic N) is 2. The van der Waals surface area contributed by atoms with Gasteiger partial charge in [0.15, 0.2) is 0 Å². The number of hydrogen-bond acceptors (Lipinski definition) is 4. The van der Waals surface area contributed by atoms with Gasteiger partial charge in [-0.2, -0.15) is 4.98 Å². The molecule has 1 atom stereocenters. The van der Waals surface area contributed by atoms with Gasteiger partial charge in [0.2, 0.25) is 5.28 Å². The Morgan fingerprint density at radius 1 is 1.35 bits per heavy atom. The fraction of sp³-hybridized carbons (Fsp3) is 0.714. The van der Waals surface area contributed by atoms with Crippen LogP contribution in [0.5, 0.6) is 0 Å². The van der Waals surface area contributed by atoms with Gasteiger partial charge in [-0.15, -0.1) is 0 Å². The number of aromatic nitrogens is 2. The Hall–Kier alpha value is -0.390. The van der Waals surface area contributed by atoms with E-state index in [2.05, 4.69) is 50.4 Å². The molecule has 112 valence electrons. The number of nitrogens with one attached hydrogen (secondary N) is 2. The molecule has 20 heavy (non-hydrogen) atoms. The van der Waals surface area contributed by atoms with Crippen LogP contribution in [0, 0.1) is 0 Å². The van der Waals surface area contributed by atoms with E-state index >= 15 is 0 Å². The summed E-state index contributed by atoms with van der Waals surface area (Å²) in [7, 11) is 0. The summed E-state index contributed by atoms with van der Waals surface area (Å²) in [5.74, 6) is 0.795. The number of hydrogen-bond donors (Lipinski definition) is 2. The number of halogens is 2. The van der Waals surface area contributed by atoms with Crippen LogP contribution in [0.2, 0.25) is 5.28 Å². The fourth-order valence-electron chi connectivity index (χ4n) is 2.56. The third-order valence-electron chi connectivity index (χ3n) is 3.92. The van der Waals surface area contributed by atoms with Crippen molar-refractivity contribution in [3.63, 3.8) is 0 Å². The van der Waals surface area contributed by atoms with Crippen molar-refractivity contribution in [1.82, 2.24) is 15.3 Å². The maximum atomic E-state index is 5.84. The van der Waals surface area contributed by atoms with Crippen molar-refractivity contribution in [3.8, 4) is 0 Å². The van der Waals surface area contributed by atoms with E-state index in [1.165, 1.54) is 19.3 Å². The summed E-state index contributed by atoms with van der Waals surface area (Å²) < 4.78 is 0.863. The second kappa shape index (κ2) is 7.57. The van der Waals surface area contributed by atoms with E-state index in [0.717, 1.165) is 23.1 Å². The predicted octanol–water partition coefficient (Wildman–Crippen LogP) is 4.00. The molecular formula is C14H22BrClN4. The van der Waals surface area contributed by atoms with E-state index < -0.39 is 0 Å². The van der Waals surface area contributed by atoms with Crippen molar-refractivity contribution < 1.29 is 0 Å². The molecule has 1 aromatic heterocycles. The van der Waals surface area contributed by atoms with Crippen LogP contribution in [-0.2, 0) is 0 Å². The summed E-state index contributed by atoms with van der Waals surface area (Å²) in [6, 6.07) is 1.73. The monoisotopic (exact) mass is 360 g/mol. The van der Waals surface area contributed by atoms with Crippen LogP contribution in [0.25, 0.3) is 0 Å². The SMILES string of the molecule is CCC(C)NC1CCC(Nc2nc(Cl)ncc2Br)CC1. The second-order valence-corrected chi connectivity index (χ2v) is 6.70. The third kappa shape index (κ3) is 4.57. The average molecular weight is 362 g/mol. The van der Waals surface area contributed by atoms with Crippen LogP contribution in [0.1, 0.15) is 46.0 Å². The van der Waals surface area contributed by atoms with Gasteiger partial charge in [-0.1, -0.05) is 6.92 Å². The van der Waals surface area contributed by atoms with Gasteiger partial charge in [-0.25, -0.2) is 4.98 Å². The molecule has 0 aromatic carbocycles. The van der Waals surface area contributed by atoms with E-state index in [-0.39, 0.29) is 5.28 Å². The Bertz CT molecular complexity index is 435. The zero-order valence-electron chi connectivity index (χ0n) is 12.0. The van der Waals surface area contributed by atoms with Crippen LogP contribution in [0.4, 0.5) is 5.82 Å². The van der Waals surface area contributed by atoms with Crippen molar-refractivity contribution in [3.05, 3.63) is 16.0 Å². The van der Waals surface area contributed by atoms with E-state index in [0.29, 0.717) is 18.1 Å². The van der Waals surface area contributed by atoms with Gasteiger partial charge >= 0.3 is 0 Å². The van der Waals surface area contributed by atoms with Gasteiger partial charge in [0.25, 0.3) is 0 Å². The molecule has 6 heteroatoms. The summed E-state index contributed by atoms with van der Waals surface area (Å²) in [6.45, 7) is 4.48. The third-order valence-corrected chi connectivity index (χ3v) is 4.68. The summed E-state index contributed by atoms with van der Waals surface area (Å²) >= 11 is 9.29. The number of anilines is 1. The molecule has 0 bridgehead atoms. The van der Waals surface area contributed by atoms with Crippen molar-refractivity contribution >= 4 is 33.3 Å². The molecule has 0 aliphatic heterocycles. The highest BCUT2D eigenvalue weighted by atomic mass is 79.9. The smallest absolute Gasteiger partial charge is 0.224 e. The molecule has 1 fully saturated rings. The number of rotatable bonds is 5. The van der Waals surface area contributed by atoms with Crippen LogP contribution >= 0.6 is 27.5 Å². The molecule has 1 aliphatic carbocycles. The van der Waals surface area contributed by atoms with Crippen LogP contribution < -0.4 is 10.6 Å². The fourth-order valence-corrected chi connectivity index (χ4v) is 3.00. The van der Waals surface area contributed by atoms with E-state index in [1.54, 1.807) is 6.20 Å². The summed E-state index contributed by atoms with van der Waals surface area (Å²) in [5.41, 5.74) is 0. The largest absolute Gasteiger partial charge is 0.366 e. The van der Waals surface area contributed by atoms with E-state index in [9.17, 15) is 0 Å². The standard InChI is InChI=1S/C14H22BrClN4/c1-3-9(2)18-10-4-6-11(7-5-10)19-13-12(15)8-17-14(16)20-13/h8-11,18H,3-7H2,1-2H3,(H,17,19,20). The molecule has 1 heterocycles. The summed E-state index contributed by atoms with van der Waals surface area (Å²) in [4.78, 5) is 8.17. The lowest BCUT2D eigenvalue weighted by molar-refractivity contribution is 0.326. The minimum atomic E-state index is 0.280. The normalized spacial score (nSPS) is 24.4. The Morgan fingerprint density at radius 3 is 2.65 bits per heavy atom. The minimum Gasteiger partial charge on any atom is -0.366 e. The van der Waals surface area contributed by atoms with Gasteiger partial charge in [0.05, 0.1) is 4.47 Å². The van der Waals surface area contributed by atoms with Gasteiger partial charge in [-0.3, -0.25) is 0 Å². The van der Waals surface area contributed by atoms with Crippen LogP contribution in [-0.4, -0.2) is 28.1 Å². The molecule has 1 aromatic rings. The lowest BCUT2D eigenvalue weighted by Gasteiger charge is -2.31. The van der Waals surface area contributed by atoms with Crippen molar-refractivity contribution in [2.75, 3.05) is 5.32 Å². The van der Waals surface area contributed by atoms with Gasteiger partial charge < -0.3 is 10.6 Å². The Kier molecular flexibility index (Phi) is 6.05. The van der Waals surface area contributed by atoms with Gasteiger partial charge in [0, 0.05) is 24.3 Å². The quantitative estimate of drug-likeness (QED) is 0.778. The lowest BCUT2D eigenvalue weighted by atomic mass is 9.90. The van der Waals surface area contributed by atoms with Crippen LogP contribution in [0.15, 0.2) is 10.7 Å². The molecule has 2 rings (SSSR count). The minimum absolute atomic E-state index is 0.280. The molecular weight excluding hydrogens is 340 g/mol. The first-order valence-electron chi connectivity index (χ1n) is 7.29. The molecule has 1 aliphatic rings. The maximum Gasteiger partial charge on any atom is 0.224 e. The van der Waals surface area contributed by atoms with Gasteiger partial charge in [-0.05, 0) is 66.6 Å². The Labute approximate surface area is 134 Å². The Morgan fingerprint density at radius 2 is 2.00 bits per heavy atom. The Balaban J connectivity index is 1.84. The molecule has 1 saturated carbocycles. The maximum absolute atomic E-state index is 5.84. The highest BCUT2D eigenvalue weighted by molar-refractivity contribution is 9.10. The second-order valence-electron chi connectivity index (χ2n) is 5.50. The zero-order valence-corrected chi connectivity index (χ0v) is 14.3. The summed E-state index contributed by atoms with van der Waals surface area (Å²) in [6.07, 6.45) is 7.60. The lowest BCUT2D eigenvalue weighted by Crippen LogP contribution is -2.41. The first-order valence-corrected chi connectivity index (χ1v) is 8.46. The van der Waals surface area contributed by atoms with Crippen molar-refractivity contribution in [1.29, 1.82) is 0 Å². The highest BCUT2D eigenvalue weighted by Crippen LogP contribution is 2.26. The molecule has 2 N–H and O–H groups in total. The molecule has 0 spiro atoms. The highest BCUT2D eigenvalue weighted by Gasteiger charge is 2.22. The molecule has 0 amide bonds. The molecule has 0 radical (unpaired) electrons. The topological polar surface area (TPSA) is 49.8 Å². The zero-order chi connectivity index (χ0) is 14.5. The predicted molar refractivity (Wildman–Crippen MR) is 87.3 cm³/mol. The first-order chi connectivity index (χ1) is 9.58. The van der Waals surface area contributed by atoms with Crippen LogP contribution in [0.3, 0.4) is 0 Å². The average Bonchev–Trinajstić information content (AvgIpc) is 2.45. The summed E-state index contributed by atoms with van der Waals surface area (Å²) in [5, 5.41) is 7.44. The molecule has 4 nitrogen and oxygen atoms in total.